The number of carbonyl (C=O) groups excluding carboxylic acids is 2. The van der Waals surface area contributed by atoms with Gasteiger partial charge in [-0.2, -0.15) is 0 Å². The van der Waals surface area contributed by atoms with Crippen LogP contribution in [0.25, 0.3) is 0 Å². The maximum atomic E-state index is 10.0. The van der Waals surface area contributed by atoms with Gasteiger partial charge in [0.25, 0.3) is 0 Å². The van der Waals surface area contributed by atoms with E-state index in [1.54, 1.807) is 0 Å². The molecule has 0 aliphatic heterocycles. The molecule has 16 heavy (non-hydrogen) atoms. The Labute approximate surface area is 115 Å². The summed E-state index contributed by atoms with van der Waals surface area (Å²) in [7, 11) is 0. The Hall–Kier alpha value is -0.698. The van der Waals surface area contributed by atoms with Crippen molar-refractivity contribution >= 4 is 11.6 Å². The molecule has 0 radical (unpaired) electrons. The summed E-state index contributed by atoms with van der Waals surface area (Å²) in [4.78, 5) is 20.0. The molecule has 0 saturated carbocycles. The van der Waals surface area contributed by atoms with Crippen LogP contribution in [0.1, 0.15) is 27.7 Å². The second-order valence-corrected chi connectivity index (χ2v) is 2.79. The summed E-state index contributed by atoms with van der Waals surface area (Å²) in [5.74, 6) is -0.125. The summed E-state index contributed by atoms with van der Waals surface area (Å²) < 4.78 is 0. The van der Waals surface area contributed by atoms with Gasteiger partial charge in [0.2, 0.25) is 0 Å². The molecule has 0 unspecified atom stereocenters. The Morgan fingerprint density at radius 3 is 1.00 bits per heavy atom. The van der Waals surface area contributed by atoms with E-state index in [2.05, 4.69) is 0 Å². The van der Waals surface area contributed by atoms with Gasteiger partial charge in [-0.1, -0.05) is 0 Å². The number of allylic oxidation sites excluding steroid dienone is 4. The second kappa shape index (κ2) is 14.3. The molecule has 0 bridgehead atoms. The van der Waals surface area contributed by atoms with Crippen LogP contribution in [-0.4, -0.2) is 27.3 Å². The number of rotatable bonds is 2. The predicted molar refractivity (Wildman–Crippen MR) is 57.7 cm³/mol. The zero-order chi connectivity index (χ0) is 11.7. The van der Waals surface area contributed by atoms with E-state index in [-0.39, 0.29) is 55.9 Å². The van der Waals surface area contributed by atoms with Gasteiger partial charge in [-0.25, -0.2) is 0 Å². The van der Waals surface area contributed by atoms with Crippen molar-refractivity contribution in [1.82, 2.24) is 0 Å². The largest absolute Gasteiger partial charge is 0.512 e. The third-order valence-electron chi connectivity index (χ3n) is 0.824. The molecule has 90 valence electrons. The van der Waals surface area contributed by atoms with Crippen LogP contribution in [0.5, 0.6) is 0 Å². The first-order valence-corrected chi connectivity index (χ1v) is 4.01. The fraction of sp³-hybridized carbons (Fsp3) is 0.400. The third kappa shape index (κ3) is 37.8. The van der Waals surface area contributed by atoms with Gasteiger partial charge >= 0.3 is 0 Å². The van der Waals surface area contributed by atoms with E-state index in [1.807, 2.05) is 0 Å². The van der Waals surface area contributed by atoms with E-state index < -0.39 is 0 Å². The normalized spacial score (nSPS) is 10.0. The minimum Gasteiger partial charge on any atom is -0.512 e. The van der Waals surface area contributed by atoms with Crippen LogP contribution in [0, 0.1) is 0 Å². The maximum absolute atomic E-state index is 10.0. The molecule has 0 aromatic carbocycles. The van der Waals surface area contributed by atoms with Crippen molar-refractivity contribution in [3.05, 3.63) is 23.7 Å². The minimum absolute atomic E-state index is 0. The van der Waals surface area contributed by atoms with Crippen molar-refractivity contribution in [1.29, 1.82) is 0 Å². The number of aliphatic hydroxyl groups is 2. The molecule has 6 heteroatoms. The Morgan fingerprint density at radius 1 is 0.812 bits per heavy atom. The zero-order valence-electron chi connectivity index (χ0n) is 10.1. The van der Waals surface area contributed by atoms with E-state index >= 15 is 0 Å². The number of hydrogen-bond acceptors (Lipinski definition) is 4. The summed E-state index contributed by atoms with van der Waals surface area (Å²) >= 11 is 0. The van der Waals surface area contributed by atoms with Crippen LogP contribution in [-0.2, 0) is 36.9 Å². The van der Waals surface area contributed by atoms with Crippen LogP contribution in [0.15, 0.2) is 23.7 Å². The van der Waals surface area contributed by atoms with E-state index in [4.69, 9.17) is 10.2 Å². The average molecular weight is 331 g/mol. The molecule has 0 spiro atoms. The maximum Gasteiger partial charge on any atom is 0.155 e. The summed E-state index contributed by atoms with van der Waals surface area (Å²) in [6.07, 6.45) is 2.33. The van der Waals surface area contributed by atoms with E-state index in [0.29, 0.717) is 0 Å². The van der Waals surface area contributed by atoms with Crippen LogP contribution in [0.2, 0.25) is 0 Å². The Balaban J connectivity index is -0.0000000800. The topological polar surface area (TPSA) is 106 Å². The second-order valence-electron chi connectivity index (χ2n) is 2.79. The molecule has 0 heterocycles. The van der Waals surface area contributed by atoms with Gasteiger partial charge in [-0.05, 0) is 27.7 Å². The number of aliphatic hydroxyl groups excluding tert-OH is 2. The Morgan fingerprint density at radius 2 is 1.00 bits per heavy atom. The van der Waals surface area contributed by atoms with Gasteiger partial charge in [0.1, 0.15) is 0 Å². The van der Waals surface area contributed by atoms with Gasteiger partial charge in [0.15, 0.2) is 11.6 Å². The minimum atomic E-state index is -0.125. The predicted octanol–water partition coefficient (Wildman–Crippen LogP) is 1.25. The van der Waals surface area contributed by atoms with Crippen molar-refractivity contribution in [2.75, 3.05) is 0 Å². The Kier molecular flexibility index (Phi) is 21.9. The quantitative estimate of drug-likeness (QED) is 0.451. The molecular formula is C10H18CdO5. The van der Waals surface area contributed by atoms with Crippen LogP contribution in [0.3, 0.4) is 0 Å². The molecule has 0 rings (SSSR count). The number of hydrogen-bond donors (Lipinski definition) is 2. The van der Waals surface area contributed by atoms with E-state index in [0.717, 1.165) is 0 Å². The molecule has 5 nitrogen and oxygen atoms in total. The van der Waals surface area contributed by atoms with Crippen molar-refractivity contribution in [2.45, 2.75) is 27.7 Å². The first-order valence-electron chi connectivity index (χ1n) is 4.01. The molecule has 0 atom stereocenters. The zero-order valence-corrected chi connectivity index (χ0v) is 14.1. The van der Waals surface area contributed by atoms with Crippen molar-refractivity contribution in [3.8, 4) is 0 Å². The third-order valence-corrected chi connectivity index (χ3v) is 0.824. The summed E-state index contributed by atoms with van der Waals surface area (Å²) in [5.41, 5.74) is 0. The fourth-order valence-corrected chi connectivity index (χ4v) is 0.588. The monoisotopic (exact) mass is 332 g/mol. The average Bonchev–Trinajstić information content (AvgIpc) is 1.79. The fourth-order valence-electron chi connectivity index (χ4n) is 0.588. The van der Waals surface area contributed by atoms with Gasteiger partial charge in [0, 0.05) is 39.5 Å². The standard InChI is InChI=1S/2C5H8O2.Cd.H2O/c2*1-4(6)3-5(2)7;;/h2*3,6H,1-2H3;;1H2/b4-3+;4-3-;;. The first-order chi connectivity index (χ1) is 6.25. The van der Waals surface area contributed by atoms with Crippen LogP contribution in [0.4, 0.5) is 0 Å². The molecule has 0 aromatic rings. The molecule has 0 saturated heterocycles. The summed E-state index contributed by atoms with van der Waals surface area (Å²) in [6.45, 7) is 5.70. The van der Waals surface area contributed by atoms with Gasteiger partial charge < -0.3 is 15.7 Å². The van der Waals surface area contributed by atoms with Crippen molar-refractivity contribution < 1.29 is 52.6 Å². The molecule has 0 aliphatic rings. The molecular weight excluding hydrogens is 313 g/mol. The van der Waals surface area contributed by atoms with Crippen LogP contribution >= 0.6 is 0 Å². The van der Waals surface area contributed by atoms with E-state index in [9.17, 15) is 9.59 Å². The molecule has 0 amide bonds. The molecule has 0 fully saturated rings. The molecule has 0 aliphatic carbocycles. The first kappa shape index (κ1) is 24.5. The van der Waals surface area contributed by atoms with Gasteiger partial charge in [0.05, 0.1) is 11.5 Å². The summed E-state index contributed by atoms with van der Waals surface area (Å²) in [5, 5.41) is 16.7. The van der Waals surface area contributed by atoms with E-state index in [1.165, 1.54) is 39.8 Å². The van der Waals surface area contributed by atoms with Gasteiger partial charge in [-0.15, -0.1) is 0 Å². The number of carbonyl (C=O) groups is 2. The Bertz CT molecular complexity index is 232. The van der Waals surface area contributed by atoms with Crippen LogP contribution < -0.4 is 0 Å². The summed E-state index contributed by atoms with van der Waals surface area (Å²) in [6, 6.07) is 0. The van der Waals surface area contributed by atoms with Gasteiger partial charge in [-0.3, -0.25) is 9.59 Å². The van der Waals surface area contributed by atoms with Crippen molar-refractivity contribution in [2.24, 2.45) is 0 Å². The SMILES string of the molecule is CC(=O)/C=C(/C)O.CC(=O)/C=C(\C)O.O.[Cd]. The smallest absolute Gasteiger partial charge is 0.155 e. The molecule has 4 N–H and O–H groups in total. The molecule has 0 aromatic heterocycles. The van der Waals surface area contributed by atoms with Crippen molar-refractivity contribution in [3.63, 3.8) is 0 Å². The number of ketones is 2.